The largest absolute Gasteiger partial charge is 0.435 e. The van der Waals surface area contributed by atoms with E-state index in [4.69, 9.17) is 4.42 Å². The van der Waals surface area contributed by atoms with E-state index in [1.807, 2.05) is 42.6 Å². The fraction of sp³-hybridized carbons (Fsp3) is 0. The van der Waals surface area contributed by atoms with E-state index in [0.29, 0.717) is 22.3 Å². The van der Waals surface area contributed by atoms with Crippen LogP contribution in [-0.2, 0) is 0 Å². The molecule has 0 saturated heterocycles. The fourth-order valence-electron chi connectivity index (χ4n) is 2.73. The van der Waals surface area contributed by atoms with Crippen molar-refractivity contribution in [2.24, 2.45) is 0 Å². The van der Waals surface area contributed by atoms with Gasteiger partial charge in [0.1, 0.15) is 5.52 Å². The number of nitrogens with zero attached hydrogens (tertiary/aromatic N) is 4. The maximum atomic E-state index is 5.66. The monoisotopic (exact) mass is 298 g/mol. The van der Waals surface area contributed by atoms with Crippen molar-refractivity contribution < 1.29 is 4.42 Å². The molecule has 4 heterocycles. The summed E-state index contributed by atoms with van der Waals surface area (Å²) in [5, 5.41) is 2.24. The number of fused-ring (bicyclic) bond motifs is 4. The first-order valence-electron chi connectivity index (χ1n) is 7.24. The molecule has 0 amide bonds. The van der Waals surface area contributed by atoms with Crippen molar-refractivity contribution in [1.29, 1.82) is 0 Å². The van der Waals surface area contributed by atoms with Gasteiger partial charge in [-0.2, -0.15) is 0 Å². The van der Waals surface area contributed by atoms with Crippen molar-refractivity contribution in [3.05, 3.63) is 61.1 Å². The second-order valence-electron chi connectivity index (χ2n) is 5.27. The van der Waals surface area contributed by atoms with Crippen LogP contribution in [0.1, 0.15) is 0 Å². The highest BCUT2D eigenvalue weighted by Crippen LogP contribution is 2.27. The zero-order chi connectivity index (χ0) is 15.2. The molecule has 0 aliphatic rings. The molecule has 0 saturated carbocycles. The summed E-state index contributed by atoms with van der Waals surface area (Å²) in [6.45, 7) is 0. The average molecular weight is 298 g/mol. The molecule has 0 spiro atoms. The van der Waals surface area contributed by atoms with Crippen LogP contribution in [0.5, 0.6) is 0 Å². The van der Waals surface area contributed by atoms with E-state index in [1.165, 1.54) is 0 Å². The Labute approximate surface area is 130 Å². The van der Waals surface area contributed by atoms with Crippen LogP contribution in [0, 0.1) is 0 Å². The van der Waals surface area contributed by atoms with Crippen LogP contribution < -0.4 is 0 Å². The fourth-order valence-corrected chi connectivity index (χ4v) is 2.73. The lowest BCUT2D eigenvalue weighted by atomic mass is 10.1. The van der Waals surface area contributed by atoms with Gasteiger partial charge in [0.05, 0.1) is 11.4 Å². The Bertz CT molecular complexity index is 1180. The van der Waals surface area contributed by atoms with Crippen LogP contribution in [0.3, 0.4) is 0 Å². The number of furan rings is 1. The van der Waals surface area contributed by atoms with E-state index in [-0.39, 0.29) is 0 Å². The Hall–Kier alpha value is -3.34. The van der Waals surface area contributed by atoms with Crippen molar-refractivity contribution in [3.63, 3.8) is 0 Å². The van der Waals surface area contributed by atoms with Crippen LogP contribution >= 0.6 is 0 Å². The number of benzene rings is 1. The SMILES string of the molecule is c1ccc2cc(-c3ccc4oc5nccnc5c4n3)ncc2c1. The number of hydrogen-bond donors (Lipinski definition) is 0. The van der Waals surface area contributed by atoms with E-state index in [2.05, 4.69) is 26.0 Å². The van der Waals surface area contributed by atoms with Crippen molar-refractivity contribution in [2.45, 2.75) is 0 Å². The van der Waals surface area contributed by atoms with Crippen LogP contribution in [-0.4, -0.2) is 19.9 Å². The van der Waals surface area contributed by atoms with E-state index < -0.39 is 0 Å². The molecule has 0 bridgehead atoms. The Morgan fingerprint density at radius 3 is 2.57 bits per heavy atom. The van der Waals surface area contributed by atoms with Crippen LogP contribution in [0.25, 0.3) is 44.5 Å². The predicted octanol–water partition coefficient (Wildman–Crippen LogP) is 3.99. The maximum Gasteiger partial charge on any atom is 0.247 e. The quantitative estimate of drug-likeness (QED) is 0.468. The van der Waals surface area contributed by atoms with Crippen LogP contribution in [0.4, 0.5) is 0 Å². The van der Waals surface area contributed by atoms with Gasteiger partial charge < -0.3 is 4.42 Å². The first kappa shape index (κ1) is 12.2. The zero-order valence-corrected chi connectivity index (χ0v) is 12.0. The van der Waals surface area contributed by atoms with Gasteiger partial charge in [0.2, 0.25) is 5.71 Å². The van der Waals surface area contributed by atoms with E-state index >= 15 is 0 Å². The van der Waals surface area contributed by atoms with Gasteiger partial charge in [-0.15, -0.1) is 0 Å². The molecular weight excluding hydrogens is 288 g/mol. The second-order valence-corrected chi connectivity index (χ2v) is 5.27. The highest BCUT2D eigenvalue weighted by atomic mass is 16.3. The van der Waals surface area contributed by atoms with Crippen molar-refractivity contribution in [1.82, 2.24) is 19.9 Å². The third kappa shape index (κ3) is 1.87. The molecule has 0 atom stereocenters. The topological polar surface area (TPSA) is 64.7 Å². The van der Waals surface area contributed by atoms with Gasteiger partial charge in [-0.1, -0.05) is 24.3 Å². The zero-order valence-electron chi connectivity index (χ0n) is 12.0. The molecule has 0 radical (unpaired) electrons. The van der Waals surface area contributed by atoms with E-state index in [9.17, 15) is 0 Å². The number of pyridine rings is 2. The van der Waals surface area contributed by atoms with Gasteiger partial charge >= 0.3 is 0 Å². The molecule has 5 rings (SSSR count). The molecule has 5 nitrogen and oxygen atoms in total. The molecular formula is C18H10N4O. The molecule has 0 unspecified atom stereocenters. The molecule has 0 N–H and O–H groups in total. The van der Waals surface area contributed by atoms with Gasteiger partial charge in [0, 0.05) is 24.0 Å². The molecule has 5 heteroatoms. The lowest BCUT2D eigenvalue weighted by Crippen LogP contribution is -1.88. The average Bonchev–Trinajstić information content (AvgIpc) is 2.99. The molecule has 0 aliphatic heterocycles. The van der Waals surface area contributed by atoms with Gasteiger partial charge in [0.25, 0.3) is 0 Å². The van der Waals surface area contributed by atoms with Crippen molar-refractivity contribution in [2.75, 3.05) is 0 Å². The van der Waals surface area contributed by atoms with E-state index in [0.717, 1.165) is 22.2 Å². The lowest BCUT2D eigenvalue weighted by molar-refractivity contribution is 0.652. The summed E-state index contributed by atoms with van der Waals surface area (Å²) in [6, 6.07) is 14.0. The van der Waals surface area contributed by atoms with Gasteiger partial charge in [-0.05, 0) is 23.6 Å². The normalized spacial score (nSPS) is 11.5. The third-order valence-electron chi connectivity index (χ3n) is 3.85. The molecule has 0 aliphatic carbocycles. The Morgan fingerprint density at radius 2 is 1.61 bits per heavy atom. The Morgan fingerprint density at radius 1 is 0.739 bits per heavy atom. The summed E-state index contributed by atoms with van der Waals surface area (Å²) in [5.41, 5.74) is 4.17. The Balaban J connectivity index is 1.76. The lowest BCUT2D eigenvalue weighted by Gasteiger charge is -2.02. The summed E-state index contributed by atoms with van der Waals surface area (Å²) in [7, 11) is 0. The van der Waals surface area contributed by atoms with Crippen LogP contribution in [0.2, 0.25) is 0 Å². The predicted molar refractivity (Wildman–Crippen MR) is 87.8 cm³/mol. The summed E-state index contributed by atoms with van der Waals surface area (Å²) in [5.74, 6) is 0. The van der Waals surface area contributed by atoms with Gasteiger partial charge in [0.15, 0.2) is 11.1 Å². The first-order chi connectivity index (χ1) is 11.4. The standard InChI is InChI=1S/C18H10N4O/c1-2-4-12-10-21-14(9-11(12)3-1)13-5-6-15-16(22-13)17-18(23-15)20-8-7-19-17/h1-10H. The highest BCUT2D eigenvalue weighted by molar-refractivity contribution is 5.98. The van der Waals surface area contributed by atoms with Crippen molar-refractivity contribution >= 4 is 33.1 Å². The minimum absolute atomic E-state index is 0.499. The smallest absolute Gasteiger partial charge is 0.247 e. The molecule has 5 aromatic rings. The summed E-state index contributed by atoms with van der Waals surface area (Å²) >= 11 is 0. The summed E-state index contributed by atoms with van der Waals surface area (Å²) in [4.78, 5) is 17.7. The summed E-state index contributed by atoms with van der Waals surface area (Å²) < 4.78 is 5.66. The number of aromatic nitrogens is 4. The van der Waals surface area contributed by atoms with Crippen molar-refractivity contribution in [3.8, 4) is 11.4 Å². The van der Waals surface area contributed by atoms with E-state index in [1.54, 1.807) is 12.4 Å². The minimum atomic E-state index is 0.499. The highest BCUT2D eigenvalue weighted by Gasteiger charge is 2.12. The van der Waals surface area contributed by atoms with Crippen LogP contribution in [0.15, 0.2) is 65.5 Å². The van der Waals surface area contributed by atoms with Gasteiger partial charge in [-0.3, -0.25) is 4.98 Å². The Kier molecular flexibility index (Phi) is 2.43. The minimum Gasteiger partial charge on any atom is -0.435 e. The molecule has 23 heavy (non-hydrogen) atoms. The number of rotatable bonds is 1. The first-order valence-corrected chi connectivity index (χ1v) is 7.24. The molecule has 108 valence electrons. The second kappa shape index (κ2) is 4.58. The third-order valence-corrected chi connectivity index (χ3v) is 3.85. The number of hydrogen-bond acceptors (Lipinski definition) is 5. The molecule has 0 fully saturated rings. The molecule has 1 aromatic carbocycles. The van der Waals surface area contributed by atoms with Gasteiger partial charge in [-0.25, -0.2) is 15.0 Å². The maximum absolute atomic E-state index is 5.66. The summed E-state index contributed by atoms with van der Waals surface area (Å²) in [6.07, 6.45) is 5.11. The molecule has 4 aromatic heterocycles.